The van der Waals surface area contributed by atoms with Gasteiger partial charge in [-0.1, -0.05) is 66.2 Å². The first-order valence-electron chi connectivity index (χ1n) is 13.8. The fraction of sp³-hybridized carbons (Fsp3) is 0.312. The van der Waals surface area contributed by atoms with Crippen LogP contribution in [0.25, 0.3) is 0 Å². The molecule has 8 nitrogen and oxygen atoms in total. The second-order valence-corrected chi connectivity index (χ2v) is 11.9. The number of nitrogens with zero attached hydrogens (tertiary/aromatic N) is 2. The molecule has 3 aromatic carbocycles. The van der Waals surface area contributed by atoms with Gasteiger partial charge in [-0.15, -0.1) is 0 Å². The summed E-state index contributed by atoms with van der Waals surface area (Å²) in [7, 11) is 0. The molecule has 3 aromatic rings. The first kappa shape index (κ1) is 27.2. The number of anilines is 2. The second-order valence-electron chi connectivity index (χ2n) is 10.9. The van der Waals surface area contributed by atoms with Crippen molar-refractivity contribution in [2.75, 3.05) is 28.8 Å². The number of aryl methyl sites for hydroxylation is 1. The molecule has 4 atom stereocenters. The number of hydrogen-bond acceptors (Lipinski definition) is 6. The highest BCUT2D eigenvalue weighted by molar-refractivity contribution is 7.98. The zero-order chi connectivity index (χ0) is 28.7. The molecule has 2 fully saturated rings. The van der Waals surface area contributed by atoms with Crippen molar-refractivity contribution < 1.29 is 19.2 Å². The molecule has 9 heteroatoms. The van der Waals surface area contributed by atoms with Crippen LogP contribution in [0.1, 0.15) is 23.1 Å². The highest BCUT2D eigenvalue weighted by Gasteiger charge is 2.71. The molecule has 6 rings (SSSR count). The Kier molecular flexibility index (Phi) is 7.17. The van der Waals surface area contributed by atoms with Gasteiger partial charge in [0.15, 0.2) is 0 Å². The number of rotatable bonds is 8. The number of carbonyl (C=O) groups excluding carboxylic acids is 4. The van der Waals surface area contributed by atoms with Crippen LogP contribution < -0.4 is 15.5 Å². The van der Waals surface area contributed by atoms with Gasteiger partial charge in [0.2, 0.25) is 17.7 Å². The molecule has 210 valence electrons. The maximum Gasteiger partial charge on any atom is 0.253 e. The highest BCUT2D eigenvalue weighted by Crippen LogP contribution is 2.55. The van der Waals surface area contributed by atoms with Crippen LogP contribution in [0.3, 0.4) is 0 Å². The van der Waals surface area contributed by atoms with E-state index >= 15 is 0 Å². The summed E-state index contributed by atoms with van der Waals surface area (Å²) in [6.45, 7) is 1.92. The Morgan fingerprint density at radius 2 is 1.63 bits per heavy atom. The summed E-state index contributed by atoms with van der Waals surface area (Å²) in [6.07, 6.45) is 2.63. The summed E-state index contributed by atoms with van der Waals surface area (Å²) in [5.74, 6) is -2.11. The molecule has 0 aliphatic carbocycles. The van der Waals surface area contributed by atoms with Gasteiger partial charge in [0.1, 0.15) is 12.1 Å². The summed E-state index contributed by atoms with van der Waals surface area (Å²) in [4.78, 5) is 58.5. The Hall–Kier alpha value is -3.95. The quantitative estimate of drug-likeness (QED) is 0.402. The largest absolute Gasteiger partial charge is 0.325 e. The number of hydrogen-bond donors (Lipinski definition) is 2. The Morgan fingerprint density at radius 3 is 2.37 bits per heavy atom. The SMILES string of the molecule is CSCCC1NC2(C(=O)N(CC(=O)Nc3ccc(C)cc3)c3ccccc32)C2C(=O)N(Cc3ccccc3)C(=O)C12. The van der Waals surface area contributed by atoms with Gasteiger partial charge in [-0.05, 0) is 49.1 Å². The summed E-state index contributed by atoms with van der Waals surface area (Å²) in [5, 5.41) is 6.38. The number of likely N-dealkylation sites (tertiary alicyclic amines) is 1. The van der Waals surface area contributed by atoms with Crippen molar-refractivity contribution in [1.82, 2.24) is 10.2 Å². The maximum atomic E-state index is 14.5. The summed E-state index contributed by atoms with van der Waals surface area (Å²) >= 11 is 1.66. The van der Waals surface area contributed by atoms with Gasteiger partial charge in [-0.3, -0.25) is 29.4 Å². The molecule has 3 aliphatic heterocycles. The Bertz CT molecular complexity index is 1510. The van der Waals surface area contributed by atoms with Gasteiger partial charge in [-0.2, -0.15) is 11.8 Å². The lowest BCUT2D eigenvalue weighted by Gasteiger charge is -2.30. The van der Waals surface area contributed by atoms with Crippen LogP contribution in [-0.4, -0.2) is 53.1 Å². The van der Waals surface area contributed by atoms with E-state index in [9.17, 15) is 19.2 Å². The molecule has 0 aromatic heterocycles. The lowest BCUT2D eigenvalue weighted by atomic mass is 9.76. The minimum atomic E-state index is -1.42. The molecule has 0 bridgehead atoms. The fourth-order valence-corrected chi connectivity index (χ4v) is 7.05. The normalized spacial score (nSPS) is 24.7. The minimum Gasteiger partial charge on any atom is -0.325 e. The second kappa shape index (κ2) is 10.8. The van der Waals surface area contributed by atoms with E-state index in [1.165, 1.54) is 9.80 Å². The van der Waals surface area contributed by atoms with E-state index in [4.69, 9.17) is 0 Å². The van der Waals surface area contributed by atoms with Crippen molar-refractivity contribution in [3.63, 3.8) is 0 Å². The smallest absolute Gasteiger partial charge is 0.253 e. The number of nitrogens with one attached hydrogen (secondary N) is 2. The standard InChI is InChI=1S/C32H32N4O4S/c1-20-12-14-22(15-13-20)33-26(37)19-35-25-11-7-6-10-23(25)32(31(35)40)28-27(24(34-32)16-17-41-2)29(38)36(30(28)39)18-21-8-4-3-5-9-21/h3-15,24,27-28,34H,16-19H2,1-2H3,(H,33,37). The van der Waals surface area contributed by atoms with Gasteiger partial charge in [0, 0.05) is 23.0 Å². The Balaban J connectivity index is 1.36. The number of para-hydroxylation sites is 1. The highest BCUT2D eigenvalue weighted by atomic mass is 32.2. The molecule has 3 aliphatic rings. The van der Waals surface area contributed by atoms with Crippen molar-refractivity contribution in [2.45, 2.75) is 31.5 Å². The molecule has 3 heterocycles. The summed E-state index contributed by atoms with van der Waals surface area (Å²) in [5.41, 5.74) is 2.35. The molecule has 0 radical (unpaired) electrons. The van der Waals surface area contributed by atoms with Crippen LogP contribution in [-0.2, 0) is 31.3 Å². The predicted octanol–water partition coefficient (Wildman–Crippen LogP) is 3.70. The maximum absolute atomic E-state index is 14.5. The summed E-state index contributed by atoms with van der Waals surface area (Å²) in [6, 6.07) is 23.8. The van der Waals surface area contributed by atoms with Crippen LogP contribution >= 0.6 is 11.8 Å². The van der Waals surface area contributed by atoms with Crippen LogP contribution in [0.15, 0.2) is 78.9 Å². The van der Waals surface area contributed by atoms with E-state index in [-0.39, 0.29) is 42.8 Å². The number of thioether (sulfide) groups is 1. The average molecular weight is 569 g/mol. The first-order valence-corrected chi connectivity index (χ1v) is 15.2. The molecule has 4 amide bonds. The van der Waals surface area contributed by atoms with Crippen LogP contribution in [0.2, 0.25) is 0 Å². The van der Waals surface area contributed by atoms with E-state index in [1.54, 1.807) is 17.8 Å². The van der Waals surface area contributed by atoms with Crippen molar-refractivity contribution in [3.8, 4) is 0 Å². The number of imide groups is 1. The summed E-state index contributed by atoms with van der Waals surface area (Å²) < 4.78 is 0. The van der Waals surface area contributed by atoms with Crippen molar-refractivity contribution in [1.29, 1.82) is 0 Å². The van der Waals surface area contributed by atoms with Crippen LogP contribution in [0, 0.1) is 18.8 Å². The molecular formula is C32H32N4O4S. The fourth-order valence-electron chi connectivity index (χ4n) is 6.56. The third kappa shape index (κ3) is 4.53. The first-order chi connectivity index (χ1) is 19.8. The number of carbonyl (C=O) groups is 4. The molecule has 4 unspecified atom stereocenters. The van der Waals surface area contributed by atoms with Gasteiger partial charge in [-0.25, -0.2) is 0 Å². The topological polar surface area (TPSA) is 98.8 Å². The van der Waals surface area contributed by atoms with E-state index in [1.807, 2.05) is 86.0 Å². The zero-order valence-electron chi connectivity index (χ0n) is 23.0. The molecule has 1 spiro atoms. The van der Waals surface area contributed by atoms with E-state index in [0.29, 0.717) is 23.4 Å². The van der Waals surface area contributed by atoms with Crippen molar-refractivity contribution in [2.24, 2.45) is 11.8 Å². The van der Waals surface area contributed by atoms with Crippen molar-refractivity contribution >= 4 is 46.8 Å². The monoisotopic (exact) mass is 568 g/mol. The van der Waals surface area contributed by atoms with E-state index in [0.717, 1.165) is 16.9 Å². The van der Waals surface area contributed by atoms with Crippen molar-refractivity contribution in [3.05, 3.63) is 95.6 Å². The predicted molar refractivity (Wildman–Crippen MR) is 159 cm³/mol. The van der Waals surface area contributed by atoms with Gasteiger partial charge in [0.25, 0.3) is 5.91 Å². The lowest BCUT2D eigenvalue weighted by molar-refractivity contribution is -0.143. The van der Waals surface area contributed by atoms with Crippen LogP contribution in [0.5, 0.6) is 0 Å². The average Bonchev–Trinajstić information content (AvgIpc) is 3.53. The molecule has 2 saturated heterocycles. The number of fused-ring (bicyclic) bond motifs is 4. The van der Waals surface area contributed by atoms with Crippen LogP contribution in [0.4, 0.5) is 11.4 Å². The Morgan fingerprint density at radius 1 is 0.927 bits per heavy atom. The van der Waals surface area contributed by atoms with E-state index < -0.39 is 17.4 Å². The van der Waals surface area contributed by atoms with E-state index in [2.05, 4.69) is 10.6 Å². The van der Waals surface area contributed by atoms with Gasteiger partial charge >= 0.3 is 0 Å². The molecular weight excluding hydrogens is 536 g/mol. The minimum absolute atomic E-state index is 0.162. The zero-order valence-corrected chi connectivity index (χ0v) is 23.8. The molecule has 41 heavy (non-hydrogen) atoms. The third-order valence-electron chi connectivity index (χ3n) is 8.41. The molecule has 0 saturated carbocycles. The molecule has 2 N–H and O–H groups in total. The number of benzene rings is 3. The lowest BCUT2D eigenvalue weighted by Crippen LogP contribution is -2.55. The van der Waals surface area contributed by atoms with Gasteiger partial charge < -0.3 is 10.2 Å². The Labute approximate surface area is 243 Å². The van der Waals surface area contributed by atoms with Gasteiger partial charge in [0.05, 0.1) is 18.4 Å². The number of amides is 4. The third-order valence-corrected chi connectivity index (χ3v) is 9.06.